The van der Waals surface area contributed by atoms with Crippen molar-refractivity contribution in [1.29, 1.82) is 0 Å². The van der Waals surface area contributed by atoms with Gasteiger partial charge in [0.05, 0.1) is 0 Å². The largest absolute Gasteiger partial charge is 0.449 e. The average Bonchev–Trinajstić information content (AvgIpc) is 2.67. The third-order valence-electron chi connectivity index (χ3n) is 3.03. The van der Waals surface area contributed by atoms with Crippen molar-refractivity contribution in [1.82, 2.24) is 0 Å². The van der Waals surface area contributed by atoms with Crippen molar-refractivity contribution in [3.63, 3.8) is 0 Å². The number of rotatable bonds is 5. The number of hydrogen-bond acceptors (Lipinski definition) is 2. The molecular weight excluding hydrogens is 228 g/mol. The van der Waals surface area contributed by atoms with E-state index in [2.05, 4.69) is 39.0 Å². The first-order valence-corrected chi connectivity index (χ1v) is 7.40. The van der Waals surface area contributed by atoms with E-state index in [1.54, 1.807) is 0 Å². The lowest BCUT2D eigenvalue weighted by Crippen LogP contribution is -1.85. The summed E-state index contributed by atoms with van der Waals surface area (Å²) in [7, 11) is 0. The first-order valence-electron chi connectivity index (χ1n) is 6.41. The van der Waals surface area contributed by atoms with Gasteiger partial charge in [0.15, 0.2) is 5.09 Å². The Morgan fingerprint density at radius 3 is 2.76 bits per heavy atom. The summed E-state index contributed by atoms with van der Waals surface area (Å²) in [6.07, 6.45) is 3.60. The van der Waals surface area contributed by atoms with Crippen molar-refractivity contribution in [2.45, 2.75) is 45.1 Å². The van der Waals surface area contributed by atoms with Gasteiger partial charge < -0.3 is 4.42 Å². The van der Waals surface area contributed by atoms with Gasteiger partial charge in [0.2, 0.25) is 0 Å². The lowest BCUT2D eigenvalue weighted by atomic mass is 10.1. The Balaban J connectivity index is 2.50. The van der Waals surface area contributed by atoms with E-state index in [4.69, 9.17) is 4.42 Å². The van der Waals surface area contributed by atoms with Crippen LogP contribution in [0, 0.1) is 6.92 Å². The highest BCUT2D eigenvalue weighted by Gasteiger charge is 2.14. The summed E-state index contributed by atoms with van der Waals surface area (Å²) in [4.78, 5) is 0. The van der Waals surface area contributed by atoms with Gasteiger partial charge in [0.25, 0.3) is 0 Å². The van der Waals surface area contributed by atoms with Crippen LogP contribution < -0.4 is 0 Å². The van der Waals surface area contributed by atoms with Crippen LogP contribution in [0.5, 0.6) is 0 Å². The Morgan fingerprint density at radius 1 is 1.24 bits per heavy atom. The molecule has 0 bridgehead atoms. The predicted molar refractivity (Wildman–Crippen MR) is 76.0 cm³/mol. The third kappa shape index (κ3) is 2.52. The number of aryl methyl sites for hydroxylation is 2. The molecule has 92 valence electrons. The van der Waals surface area contributed by atoms with Crippen molar-refractivity contribution < 1.29 is 4.42 Å². The minimum atomic E-state index is 1.07. The van der Waals surface area contributed by atoms with Gasteiger partial charge in [-0.25, -0.2) is 0 Å². The number of benzene rings is 1. The van der Waals surface area contributed by atoms with E-state index in [1.165, 1.54) is 29.4 Å². The quantitative estimate of drug-likeness (QED) is 0.675. The Labute approximate surface area is 108 Å². The zero-order valence-corrected chi connectivity index (χ0v) is 11.7. The zero-order chi connectivity index (χ0) is 12.3. The molecular formula is C15H20OS. The zero-order valence-electron chi connectivity index (χ0n) is 10.9. The maximum atomic E-state index is 6.03. The number of fused-ring (bicyclic) bond motifs is 1. The van der Waals surface area contributed by atoms with E-state index >= 15 is 0 Å². The first-order chi connectivity index (χ1) is 8.27. The maximum absolute atomic E-state index is 6.03. The summed E-state index contributed by atoms with van der Waals surface area (Å²) >= 11 is 1.82. The van der Waals surface area contributed by atoms with Crippen molar-refractivity contribution >= 4 is 22.7 Å². The molecule has 0 atom stereocenters. The van der Waals surface area contributed by atoms with Gasteiger partial charge in [0.1, 0.15) is 5.58 Å². The Morgan fingerprint density at radius 2 is 2.06 bits per heavy atom. The van der Waals surface area contributed by atoms with E-state index < -0.39 is 0 Å². The lowest BCUT2D eigenvalue weighted by molar-refractivity contribution is 0.503. The molecule has 2 rings (SSSR count). The smallest absolute Gasteiger partial charge is 0.164 e. The fourth-order valence-corrected chi connectivity index (χ4v) is 2.92. The van der Waals surface area contributed by atoms with Crippen LogP contribution in [0.3, 0.4) is 0 Å². The van der Waals surface area contributed by atoms with Crippen LogP contribution in [0.25, 0.3) is 11.0 Å². The third-order valence-corrected chi connectivity index (χ3v) is 3.91. The summed E-state index contributed by atoms with van der Waals surface area (Å²) in [5.74, 6) is 1.07. The van der Waals surface area contributed by atoms with Crippen LogP contribution in [0.4, 0.5) is 0 Å². The van der Waals surface area contributed by atoms with Crippen molar-refractivity contribution in [2.24, 2.45) is 0 Å². The second-order valence-corrected chi connectivity index (χ2v) is 5.59. The molecule has 0 aliphatic carbocycles. The molecule has 0 unspecified atom stereocenters. The summed E-state index contributed by atoms with van der Waals surface area (Å²) in [5, 5.41) is 2.44. The van der Waals surface area contributed by atoms with Crippen molar-refractivity contribution in [3.05, 3.63) is 29.3 Å². The van der Waals surface area contributed by atoms with E-state index in [9.17, 15) is 0 Å². The Hall–Kier alpha value is -0.890. The summed E-state index contributed by atoms with van der Waals surface area (Å²) in [6.45, 7) is 6.53. The Bertz CT molecular complexity index is 499. The minimum Gasteiger partial charge on any atom is -0.449 e. The molecule has 0 aliphatic rings. The number of thioether (sulfide) groups is 1. The molecule has 17 heavy (non-hydrogen) atoms. The number of hydrogen-bond donors (Lipinski definition) is 0. The highest BCUT2D eigenvalue weighted by molar-refractivity contribution is 7.99. The van der Waals surface area contributed by atoms with Gasteiger partial charge in [-0.3, -0.25) is 0 Å². The van der Waals surface area contributed by atoms with Gasteiger partial charge in [-0.15, -0.1) is 0 Å². The predicted octanol–water partition coefficient (Wildman–Crippen LogP) is 5.20. The van der Waals surface area contributed by atoms with Gasteiger partial charge in [0, 0.05) is 10.9 Å². The molecule has 0 saturated heterocycles. The summed E-state index contributed by atoms with van der Waals surface area (Å²) in [5.41, 5.74) is 3.73. The normalized spacial score (nSPS) is 11.2. The number of unbranched alkanes of at least 4 members (excludes halogenated alkanes) is 1. The fourth-order valence-electron chi connectivity index (χ4n) is 2.13. The SMILES string of the molecule is CCCCc1c(SCC)oc2c(C)cccc12. The Kier molecular flexibility index (Phi) is 4.16. The maximum Gasteiger partial charge on any atom is 0.164 e. The van der Waals surface area contributed by atoms with Crippen molar-refractivity contribution in [2.75, 3.05) is 5.75 Å². The molecule has 0 spiro atoms. The van der Waals surface area contributed by atoms with Crippen LogP contribution in [-0.2, 0) is 6.42 Å². The molecule has 0 amide bonds. The van der Waals surface area contributed by atoms with Gasteiger partial charge in [-0.1, -0.05) is 50.2 Å². The van der Waals surface area contributed by atoms with E-state index in [-0.39, 0.29) is 0 Å². The monoisotopic (exact) mass is 248 g/mol. The molecule has 1 heterocycles. The van der Waals surface area contributed by atoms with E-state index in [0.29, 0.717) is 0 Å². The van der Waals surface area contributed by atoms with Crippen LogP contribution in [0.2, 0.25) is 0 Å². The topological polar surface area (TPSA) is 13.1 Å². The van der Waals surface area contributed by atoms with Crippen molar-refractivity contribution in [3.8, 4) is 0 Å². The summed E-state index contributed by atoms with van der Waals surface area (Å²) in [6, 6.07) is 6.44. The minimum absolute atomic E-state index is 1.07. The van der Waals surface area contributed by atoms with Gasteiger partial charge in [-0.05, 0) is 31.1 Å². The highest BCUT2D eigenvalue weighted by Crippen LogP contribution is 2.35. The number of furan rings is 1. The number of para-hydroxylation sites is 1. The highest BCUT2D eigenvalue weighted by atomic mass is 32.2. The second kappa shape index (κ2) is 5.63. The van der Waals surface area contributed by atoms with Crippen LogP contribution in [-0.4, -0.2) is 5.75 Å². The molecule has 2 aromatic rings. The van der Waals surface area contributed by atoms with Crippen LogP contribution in [0.1, 0.15) is 37.8 Å². The molecule has 1 nitrogen and oxygen atoms in total. The molecule has 0 radical (unpaired) electrons. The van der Waals surface area contributed by atoms with Crippen LogP contribution in [0.15, 0.2) is 27.7 Å². The molecule has 1 aromatic carbocycles. The van der Waals surface area contributed by atoms with E-state index in [1.807, 2.05) is 11.8 Å². The lowest BCUT2D eigenvalue weighted by Gasteiger charge is -2.00. The van der Waals surface area contributed by atoms with Gasteiger partial charge in [-0.2, -0.15) is 0 Å². The molecule has 1 aromatic heterocycles. The molecule has 2 heteroatoms. The standard InChI is InChI=1S/C15H20OS/c1-4-6-9-13-12-10-7-8-11(3)14(12)16-15(13)17-5-2/h7-8,10H,4-6,9H2,1-3H3. The van der Waals surface area contributed by atoms with Crippen LogP contribution >= 0.6 is 11.8 Å². The molecule has 0 N–H and O–H groups in total. The average molecular weight is 248 g/mol. The fraction of sp³-hybridized carbons (Fsp3) is 0.467. The van der Waals surface area contributed by atoms with Gasteiger partial charge >= 0.3 is 0 Å². The molecule has 0 aliphatic heterocycles. The van der Waals surface area contributed by atoms with E-state index in [0.717, 1.165) is 22.8 Å². The molecule has 0 fully saturated rings. The first kappa shape index (κ1) is 12.6. The molecule has 0 saturated carbocycles. The second-order valence-electron chi connectivity index (χ2n) is 4.36. The summed E-state index contributed by atoms with van der Waals surface area (Å²) < 4.78 is 6.03.